The number of likely N-dealkylation sites (N-methyl/N-ethyl adjacent to an activating group) is 1. The predicted molar refractivity (Wildman–Crippen MR) is 112 cm³/mol. The molecule has 160 valence electrons. The topological polar surface area (TPSA) is 67.9 Å². The van der Waals surface area contributed by atoms with E-state index in [1.807, 2.05) is 32.0 Å². The molecule has 1 atom stereocenters. The average Bonchev–Trinajstić information content (AvgIpc) is 2.71. The molecule has 0 bridgehead atoms. The summed E-state index contributed by atoms with van der Waals surface area (Å²) < 4.78 is 52.8. The van der Waals surface area contributed by atoms with Crippen molar-refractivity contribution < 1.29 is 22.3 Å². The van der Waals surface area contributed by atoms with Crippen LogP contribution in [-0.4, -0.2) is 47.2 Å². The molecule has 0 saturated carbocycles. The molecule has 0 fully saturated rings. The first-order valence-electron chi connectivity index (χ1n) is 9.18. The van der Waals surface area contributed by atoms with E-state index in [0.717, 1.165) is 17.7 Å². The zero-order valence-electron chi connectivity index (χ0n) is 16.9. The van der Waals surface area contributed by atoms with Crippen molar-refractivity contribution >= 4 is 21.6 Å². The zero-order valence-corrected chi connectivity index (χ0v) is 18.5. The molecule has 2 aromatic carbocycles. The Labute approximate surface area is 176 Å². The van der Waals surface area contributed by atoms with E-state index in [1.54, 1.807) is 6.07 Å². The summed E-state index contributed by atoms with van der Waals surface area (Å²) in [4.78, 5) is 1.57. The van der Waals surface area contributed by atoms with Crippen molar-refractivity contribution in [2.24, 2.45) is 0 Å². The summed E-state index contributed by atoms with van der Waals surface area (Å²) in [6.45, 7) is 5.38. The van der Waals surface area contributed by atoms with Crippen LogP contribution in [-0.2, 0) is 10.0 Å². The van der Waals surface area contributed by atoms with Gasteiger partial charge in [-0.3, -0.25) is 4.90 Å². The number of sulfonamides is 1. The number of nitrogens with zero attached hydrogens (tertiary/aromatic N) is 1. The number of hydrogen-bond donors (Lipinski definition) is 1. The molecule has 1 N–H and O–H groups in total. The van der Waals surface area contributed by atoms with Gasteiger partial charge in [0.05, 0.1) is 14.2 Å². The highest BCUT2D eigenvalue weighted by molar-refractivity contribution is 7.89. The Morgan fingerprint density at radius 2 is 1.69 bits per heavy atom. The summed E-state index contributed by atoms with van der Waals surface area (Å²) in [6.07, 6.45) is 0. The predicted octanol–water partition coefficient (Wildman–Crippen LogP) is 3.86. The minimum atomic E-state index is -4.14. The SMILES string of the molecule is CCN(CC)C(CNS(=O)(=O)c1cc(OC)c(OC)cc1F)c1ccccc1Cl. The summed E-state index contributed by atoms with van der Waals surface area (Å²) in [7, 11) is -1.44. The fourth-order valence-corrected chi connectivity index (χ4v) is 4.53. The van der Waals surface area contributed by atoms with Gasteiger partial charge in [-0.05, 0) is 24.7 Å². The Morgan fingerprint density at radius 3 is 2.24 bits per heavy atom. The van der Waals surface area contributed by atoms with Crippen molar-refractivity contribution in [2.45, 2.75) is 24.8 Å². The lowest BCUT2D eigenvalue weighted by molar-refractivity contribution is 0.220. The molecule has 6 nitrogen and oxygen atoms in total. The number of rotatable bonds is 10. The van der Waals surface area contributed by atoms with E-state index < -0.39 is 20.7 Å². The van der Waals surface area contributed by atoms with Gasteiger partial charge in [0.2, 0.25) is 10.0 Å². The van der Waals surface area contributed by atoms with Crippen LogP contribution in [0.5, 0.6) is 11.5 Å². The Balaban J connectivity index is 2.36. The van der Waals surface area contributed by atoms with Crippen molar-refractivity contribution in [1.82, 2.24) is 9.62 Å². The molecule has 9 heteroatoms. The molecule has 0 radical (unpaired) electrons. The summed E-state index contributed by atoms with van der Waals surface area (Å²) in [5.74, 6) is -0.686. The molecule has 1 unspecified atom stereocenters. The maximum Gasteiger partial charge on any atom is 0.243 e. The number of halogens is 2. The Kier molecular flexibility index (Phi) is 8.27. The van der Waals surface area contributed by atoms with Crippen LogP contribution in [0.1, 0.15) is 25.5 Å². The van der Waals surface area contributed by atoms with Crippen molar-refractivity contribution in [1.29, 1.82) is 0 Å². The normalized spacial score (nSPS) is 12.8. The largest absolute Gasteiger partial charge is 0.493 e. The van der Waals surface area contributed by atoms with E-state index in [4.69, 9.17) is 21.1 Å². The van der Waals surface area contributed by atoms with Crippen LogP contribution in [0.15, 0.2) is 41.3 Å². The standard InChI is InChI=1S/C20H26ClFN2O4S/c1-5-24(6-2)17(14-9-7-8-10-15(14)21)13-23-29(25,26)20-12-19(28-4)18(27-3)11-16(20)22/h7-12,17,23H,5-6,13H2,1-4H3. The quantitative estimate of drug-likeness (QED) is 0.602. The van der Waals surface area contributed by atoms with Crippen LogP contribution in [0.4, 0.5) is 4.39 Å². The van der Waals surface area contributed by atoms with Gasteiger partial charge in [0, 0.05) is 29.7 Å². The Bertz CT molecular complexity index is 936. The average molecular weight is 445 g/mol. The third kappa shape index (κ3) is 5.39. The first-order valence-corrected chi connectivity index (χ1v) is 11.0. The summed E-state index contributed by atoms with van der Waals surface area (Å²) in [5.41, 5.74) is 0.799. The fourth-order valence-electron chi connectivity index (χ4n) is 3.15. The van der Waals surface area contributed by atoms with Crippen LogP contribution >= 0.6 is 11.6 Å². The van der Waals surface area contributed by atoms with E-state index in [2.05, 4.69) is 9.62 Å². The summed E-state index contributed by atoms with van der Waals surface area (Å²) in [5, 5.41) is 0.542. The number of hydrogen-bond acceptors (Lipinski definition) is 5. The van der Waals surface area contributed by atoms with Crippen LogP contribution < -0.4 is 14.2 Å². The number of benzene rings is 2. The molecule has 2 aromatic rings. The van der Waals surface area contributed by atoms with Crippen molar-refractivity contribution in [2.75, 3.05) is 33.9 Å². The second kappa shape index (κ2) is 10.2. The molecule has 0 aliphatic heterocycles. The molecule has 29 heavy (non-hydrogen) atoms. The van der Waals surface area contributed by atoms with Gasteiger partial charge < -0.3 is 9.47 Å². The smallest absolute Gasteiger partial charge is 0.243 e. The van der Waals surface area contributed by atoms with E-state index in [1.165, 1.54) is 14.2 Å². The van der Waals surface area contributed by atoms with Gasteiger partial charge >= 0.3 is 0 Å². The van der Waals surface area contributed by atoms with Crippen molar-refractivity contribution in [3.05, 3.63) is 52.8 Å². The van der Waals surface area contributed by atoms with Crippen LogP contribution in [0.3, 0.4) is 0 Å². The zero-order chi connectivity index (χ0) is 21.6. The van der Waals surface area contributed by atoms with E-state index in [0.29, 0.717) is 18.1 Å². The van der Waals surface area contributed by atoms with E-state index in [9.17, 15) is 12.8 Å². The van der Waals surface area contributed by atoms with Gasteiger partial charge in [-0.2, -0.15) is 0 Å². The molecule has 0 aliphatic carbocycles. The fraction of sp³-hybridized carbons (Fsp3) is 0.400. The van der Waals surface area contributed by atoms with Crippen molar-refractivity contribution in [3.8, 4) is 11.5 Å². The molecule has 0 aliphatic rings. The van der Waals surface area contributed by atoms with Crippen molar-refractivity contribution in [3.63, 3.8) is 0 Å². The highest BCUT2D eigenvalue weighted by Gasteiger charge is 2.26. The van der Waals surface area contributed by atoms with Gasteiger partial charge in [0.1, 0.15) is 10.7 Å². The molecule has 2 rings (SSSR count). The molecule has 0 amide bonds. The minimum Gasteiger partial charge on any atom is -0.493 e. The third-order valence-electron chi connectivity index (χ3n) is 4.71. The maximum atomic E-state index is 14.5. The first-order chi connectivity index (χ1) is 13.8. The number of methoxy groups -OCH3 is 2. The highest BCUT2D eigenvalue weighted by atomic mass is 35.5. The minimum absolute atomic E-state index is 0.0293. The Hall–Kier alpha value is -1.87. The van der Waals surface area contributed by atoms with Gasteiger partial charge in [-0.1, -0.05) is 43.6 Å². The lowest BCUT2D eigenvalue weighted by atomic mass is 10.1. The van der Waals surface area contributed by atoms with Gasteiger partial charge in [0.25, 0.3) is 0 Å². The molecule has 0 aromatic heterocycles. The molecular formula is C20H26ClFN2O4S. The number of ether oxygens (including phenoxy) is 2. The van der Waals surface area contributed by atoms with Crippen LogP contribution in [0.25, 0.3) is 0 Å². The van der Waals surface area contributed by atoms with E-state index in [-0.39, 0.29) is 24.1 Å². The molecule has 0 saturated heterocycles. The highest BCUT2D eigenvalue weighted by Crippen LogP contribution is 2.32. The monoisotopic (exact) mass is 444 g/mol. The molecular weight excluding hydrogens is 419 g/mol. The van der Waals surface area contributed by atoms with Crippen LogP contribution in [0.2, 0.25) is 5.02 Å². The lowest BCUT2D eigenvalue weighted by Gasteiger charge is -2.30. The summed E-state index contributed by atoms with van der Waals surface area (Å²) >= 11 is 6.35. The van der Waals surface area contributed by atoms with Crippen LogP contribution in [0, 0.1) is 5.82 Å². The second-order valence-electron chi connectivity index (χ2n) is 6.25. The molecule has 0 spiro atoms. The van der Waals surface area contributed by atoms with E-state index >= 15 is 0 Å². The third-order valence-corrected chi connectivity index (χ3v) is 6.49. The van der Waals surface area contributed by atoms with Gasteiger partial charge in [0.15, 0.2) is 11.5 Å². The molecule has 0 heterocycles. The Morgan fingerprint density at radius 1 is 1.10 bits per heavy atom. The first kappa shape index (κ1) is 23.4. The lowest BCUT2D eigenvalue weighted by Crippen LogP contribution is -2.38. The maximum absolute atomic E-state index is 14.5. The summed E-state index contributed by atoms with van der Waals surface area (Å²) in [6, 6.07) is 9.07. The number of nitrogens with one attached hydrogen (secondary N) is 1. The second-order valence-corrected chi connectivity index (χ2v) is 8.39. The van der Waals surface area contributed by atoms with Gasteiger partial charge in [-0.15, -0.1) is 0 Å². The van der Waals surface area contributed by atoms with Gasteiger partial charge in [-0.25, -0.2) is 17.5 Å².